The first-order chi connectivity index (χ1) is 13.0. The monoisotopic (exact) mass is 371 g/mol. The van der Waals surface area contributed by atoms with Gasteiger partial charge in [-0.2, -0.15) is 10.1 Å². The van der Waals surface area contributed by atoms with Gasteiger partial charge in [-0.25, -0.2) is 4.68 Å². The van der Waals surface area contributed by atoms with Gasteiger partial charge in [0, 0.05) is 19.4 Å². The molecule has 0 radical (unpaired) electrons. The molecule has 0 saturated carbocycles. The van der Waals surface area contributed by atoms with Crippen molar-refractivity contribution in [2.45, 2.75) is 45.4 Å². The largest absolute Gasteiger partial charge is 0.494 e. The lowest BCUT2D eigenvalue weighted by Gasteiger charge is -2.19. The van der Waals surface area contributed by atoms with Crippen LogP contribution in [0, 0.1) is 13.8 Å². The molecule has 7 nitrogen and oxygen atoms in total. The van der Waals surface area contributed by atoms with Crippen LogP contribution in [0.5, 0.6) is 5.75 Å². The molecule has 1 aliphatic heterocycles. The molecule has 146 valence electrons. The summed E-state index contributed by atoms with van der Waals surface area (Å²) in [5.74, 6) is 2.50. The third-order valence-corrected chi connectivity index (χ3v) is 5.03. The van der Waals surface area contributed by atoms with E-state index in [1.165, 1.54) is 11.1 Å². The van der Waals surface area contributed by atoms with Gasteiger partial charge < -0.3 is 10.1 Å². The number of ether oxygens (including phenoxy) is 1. The Morgan fingerprint density at radius 2 is 2.07 bits per heavy atom. The van der Waals surface area contributed by atoms with Gasteiger partial charge in [-0.15, -0.1) is 0 Å². The zero-order valence-electron chi connectivity index (χ0n) is 16.4. The number of carbonyl (C=O) groups is 1. The number of aromatic nitrogens is 3. The van der Waals surface area contributed by atoms with Crippen LogP contribution in [0.1, 0.15) is 48.6 Å². The topological polar surface area (TPSA) is 81.1 Å². The summed E-state index contributed by atoms with van der Waals surface area (Å²) in [6, 6.07) is 6.03. The number of rotatable bonds is 7. The molecule has 1 fully saturated rings. The number of aryl methyl sites for hydroxylation is 3. The lowest BCUT2D eigenvalue weighted by atomic mass is 9.98. The number of anilines is 1. The Balaban J connectivity index is 1.43. The van der Waals surface area contributed by atoms with Crippen molar-refractivity contribution in [3.63, 3.8) is 0 Å². The highest BCUT2D eigenvalue weighted by Crippen LogP contribution is 2.23. The first-order valence-corrected chi connectivity index (χ1v) is 9.64. The summed E-state index contributed by atoms with van der Waals surface area (Å²) >= 11 is 0. The van der Waals surface area contributed by atoms with Crippen LogP contribution in [0.15, 0.2) is 18.2 Å². The van der Waals surface area contributed by atoms with Gasteiger partial charge in [0.15, 0.2) is 5.82 Å². The number of nitrogens with one attached hydrogen (secondary N) is 2. The van der Waals surface area contributed by atoms with Crippen LogP contribution in [-0.2, 0) is 11.8 Å². The fourth-order valence-corrected chi connectivity index (χ4v) is 3.18. The minimum absolute atomic E-state index is 0.0638. The average Bonchev–Trinajstić information content (AvgIpc) is 3.03. The average molecular weight is 371 g/mol. The molecular weight excluding hydrogens is 342 g/mol. The standard InChI is InChI=1S/C20H29N5O2/c1-14-6-7-17(13-15(14)2)27-12-4-5-18(26)22-20-23-19(24-25(20)3)16-8-10-21-11-9-16/h6-7,13,16,21H,4-5,8-12H2,1-3H3,(H,22,23,24,26). The number of hydrogen-bond acceptors (Lipinski definition) is 5. The normalized spacial score (nSPS) is 14.9. The van der Waals surface area contributed by atoms with E-state index in [-0.39, 0.29) is 5.91 Å². The molecular formula is C20H29N5O2. The molecule has 1 saturated heterocycles. The molecule has 1 amide bonds. The highest BCUT2D eigenvalue weighted by atomic mass is 16.5. The van der Waals surface area contributed by atoms with Crippen molar-refractivity contribution < 1.29 is 9.53 Å². The van der Waals surface area contributed by atoms with E-state index in [0.717, 1.165) is 37.5 Å². The molecule has 0 atom stereocenters. The predicted molar refractivity (Wildman–Crippen MR) is 105 cm³/mol. The van der Waals surface area contributed by atoms with Crippen molar-refractivity contribution in [3.05, 3.63) is 35.2 Å². The quantitative estimate of drug-likeness (QED) is 0.732. The molecule has 0 aliphatic carbocycles. The molecule has 1 aliphatic rings. The Hall–Kier alpha value is -2.41. The molecule has 27 heavy (non-hydrogen) atoms. The van der Waals surface area contributed by atoms with E-state index in [1.54, 1.807) is 4.68 Å². The van der Waals surface area contributed by atoms with Crippen molar-refractivity contribution in [1.82, 2.24) is 20.1 Å². The Bertz CT molecular complexity index is 781. The molecule has 1 aromatic heterocycles. The smallest absolute Gasteiger partial charge is 0.227 e. The number of carbonyl (C=O) groups excluding carboxylic acids is 1. The number of amides is 1. The maximum atomic E-state index is 12.2. The molecule has 7 heteroatoms. The number of piperidine rings is 1. The zero-order chi connectivity index (χ0) is 19.2. The SMILES string of the molecule is Cc1ccc(OCCCC(=O)Nc2nc(C3CCNCC3)nn2C)cc1C. The van der Waals surface area contributed by atoms with Gasteiger partial charge in [0.25, 0.3) is 0 Å². The van der Waals surface area contributed by atoms with Crippen LogP contribution >= 0.6 is 0 Å². The fourth-order valence-electron chi connectivity index (χ4n) is 3.18. The minimum Gasteiger partial charge on any atom is -0.494 e. The van der Waals surface area contributed by atoms with Crippen LogP contribution in [0.25, 0.3) is 0 Å². The Morgan fingerprint density at radius 3 is 2.81 bits per heavy atom. The summed E-state index contributed by atoms with van der Waals surface area (Å²) in [6.07, 6.45) is 3.11. The molecule has 0 spiro atoms. The van der Waals surface area contributed by atoms with Gasteiger partial charge in [0.05, 0.1) is 6.61 Å². The number of benzene rings is 1. The second-order valence-corrected chi connectivity index (χ2v) is 7.19. The molecule has 0 unspecified atom stereocenters. The van der Waals surface area contributed by atoms with Gasteiger partial charge in [0.2, 0.25) is 11.9 Å². The Labute approximate surface area is 160 Å². The first-order valence-electron chi connectivity index (χ1n) is 9.64. The van der Waals surface area contributed by atoms with Gasteiger partial charge in [0.1, 0.15) is 5.75 Å². The summed E-state index contributed by atoms with van der Waals surface area (Å²) in [5.41, 5.74) is 2.45. The minimum atomic E-state index is -0.0638. The van der Waals surface area contributed by atoms with E-state index >= 15 is 0 Å². The van der Waals surface area contributed by atoms with E-state index < -0.39 is 0 Å². The second-order valence-electron chi connectivity index (χ2n) is 7.19. The van der Waals surface area contributed by atoms with Gasteiger partial charge >= 0.3 is 0 Å². The van der Waals surface area contributed by atoms with E-state index in [2.05, 4.69) is 34.6 Å². The maximum Gasteiger partial charge on any atom is 0.227 e. The van der Waals surface area contributed by atoms with Crippen LogP contribution < -0.4 is 15.4 Å². The lowest BCUT2D eigenvalue weighted by molar-refractivity contribution is -0.116. The third-order valence-electron chi connectivity index (χ3n) is 5.03. The van der Waals surface area contributed by atoms with Gasteiger partial charge in [-0.05, 0) is 69.5 Å². The van der Waals surface area contributed by atoms with E-state index in [9.17, 15) is 4.79 Å². The van der Waals surface area contributed by atoms with E-state index in [4.69, 9.17) is 4.74 Å². The first kappa shape index (κ1) is 19.4. The van der Waals surface area contributed by atoms with Crippen LogP contribution in [0.2, 0.25) is 0 Å². The summed E-state index contributed by atoms with van der Waals surface area (Å²) in [4.78, 5) is 16.7. The number of hydrogen-bond donors (Lipinski definition) is 2. The number of nitrogens with zero attached hydrogens (tertiary/aromatic N) is 3. The van der Waals surface area contributed by atoms with E-state index in [1.807, 2.05) is 25.2 Å². The Kier molecular flexibility index (Phi) is 6.45. The molecule has 1 aromatic carbocycles. The van der Waals surface area contributed by atoms with Gasteiger partial charge in [-0.3, -0.25) is 10.1 Å². The molecule has 2 N–H and O–H groups in total. The van der Waals surface area contributed by atoms with E-state index in [0.29, 0.717) is 31.3 Å². The zero-order valence-corrected chi connectivity index (χ0v) is 16.4. The van der Waals surface area contributed by atoms with Crippen LogP contribution in [0.4, 0.5) is 5.95 Å². The summed E-state index contributed by atoms with van der Waals surface area (Å²) in [5, 5.41) is 10.7. The third kappa shape index (κ3) is 5.29. The van der Waals surface area contributed by atoms with Crippen LogP contribution in [-0.4, -0.2) is 40.4 Å². The van der Waals surface area contributed by atoms with Crippen LogP contribution in [0.3, 0.4) is 0 Å². The second kappa shape index (κ2) is 8.99. The molecule has 2 heterocycles. The molecule has 0 bridgehead atoms. The lowest BCUT2D eigenvalue weighted by Crippen LogP contribution is -2.27. The van der Waals surface area contributed by atoms with Crippen molar-refractivity contribution in [2.24, 2.45) is 7.05 Å². The maximum absolute atomic E-state index is 12.2. The highest BCUT2D eigenvalue weighted by molar-refractivity contribution is 5.88. The fraction of sp³-hybridized carbons (Fsp3) is 0.550. The van der Waals surface area contributed by atoms with Crippen molar-refractivity contribution in [3.8, 4) is 5.75 Å². The predicted octanol–water partition coefficient (Wildman–Crippen LogP) is 2.70. The van der Waals surface area contributed by atoms with Crippen molar-refractivity contribution in [1.29, 1.82) is 0 Å². The van der Waals surface area contributed by atoms with Gasteiger partial charge in [-0.1, -0.05) is 6.07 Å². The summed E-state index contributed by atoms with van der Waals surface area (Å²) in [6.45, 7) is 6.63. The summed E-state index contributed by atoms with van der Waals surface area (Å²) < 4.78 is 7.38. The summed E-state index contributed by atoms with van der Waals surface area (Å²) in [7, 11) is 1.82. The van der Waals surface area contributed by atoms with Crippen molar-refractivity contribution >= 4 is 11.9 Å². The molecule has 2 aromatic rings. The molecule has 3 rings (SSSR count). The Morgan fingerprint density at radius 1 is 1.30 bits per heavy atom. The van der Waals surface area contributed by atoms with Crippen molar-refractivity contribution in [2.75, 3.05) is 25.0 Å². The highest BCUT2D eigenvalue weighted by Gasteiger charge is 2.21.